The fraction of sp³-hybridized carbons (Fsp3) is 0.400. The van der Waals surface area contributed by atoms with Crippen LogP contribution in [0.25, 0.3) is 0 Å². The van der Waals surface area contributed by atoms with Gasteiger partial charge in [0.1, 0.15) is 13.2 Å². The number of carbonyl (C=O) groups excluding carboxylic acids is 2. The van der Waals surface area contributed by atoms with Crippen molar-refractivity contribution >= 4 is 37.2 Å². The topological polar surface area (TPSA) is 52.6 Å². The van der Waals surface area contributed by atoms with Crippen LogP contribution < -0.4 is 0 Å². The molecule has 0 aromatic rings. The summed E-state index contributed by atoms with van der Waals surface area (Å²) in [6.07, 6.45) is 0. The van der Waals surface area contributed by atoms with Crippen molar-refractivity contribution in [1.29, 1.82) is 0 Å². The van der Waals surface area contributed by atoms with Gasteiger partial charge in [-0.05, 0) is 0 Å². The summed E-state index contributed by atoms with van der Waals surface area (Å²) in [4.78, 5) is 22.1. The predicted octanol–water partition coefficient (Wildman–Crippen LogP) is 1.04. The quantitative estimate of drug-likeness (QED) is 0.312. The number of ether oxygens (including phenoxy) is 2. The molecule has 0 atom stereocenters. The van der Waals surface area contributed by atoms with Crippen molar-refractivity contribution < 1.29 is 19.1 Å². The Hall–Kier alpha value is -0.880. The molecule has 0 radical (unpaired) electrons. The lowest BCUT2D eigenvalue weighted by atomic mass is 10.3. The lowest BCUT2D eigenvalue weighted by molar-refractivity contribution is -0.147. The third kappa shape index (κ3) is 5.87. The Kier molecular flexibility index (Phi) is 7.84. The number of hydrogen-bond acceptors (Lipinski definition) is 6. The van der Waals surface area contributed by atoms with E-state index < -0.39 is 11.9 Å². The van der Waals surface area contributed by atoms with E-state index in [1.165, 1.54) is 0 Å². The van der Waals surface area contributed by atoms with Gasteiger partial charge in [-0.1, -0.05) is 13.2 Å². The van der Waals surface area contributed by atoms with Crippen LogP contribution >= 0.6 is 25.3 Å². The van der Waals surface area contributed by atoms with E-state index in [-0.39, 0.29) is 35.9 Å². The zero-order valence-electron chi connectivity index (χ0n) is 8.77. The van der Waals surface area contributed by atoms with Gasteiger partial charge in [0.25, 0.3) is 0 Å². The molecule has 0 aromatic heterocycles. The average Bonchev–Trinajstić information content (AvgIpc) is 2.31. The minimum absolute atomic E-state index is 0.0166. The fourth-order valence-corrected chi connectivity index (χ4v) is 0.860. The van der Waals surface area contributed by atoms with Gasteiger partial charge in [-0.25, -0.2) is 9.59 Å². The number of esters is 2. The van der Waals surface area contributed by atoms with Gasteiger partial charge >= 0.3 is 11.9 Å². The zero-order valence-corrected chi connectivity index (χ0v) is 10.6. The third-order valence-corrected chi connectivity index (χ3v) is 2.27. The van der Waals surface area contributed by atoms with Crippen LogP contribution in [0.1, 0.15) is 0 Å². The molecule has 0 aliphatic carbocycles. The molecule has 0 aromatic carbocycles. The first-order chi connectivity index (χ1) is 7.52. The van der Waals surface area contributed by atoms with Gasteiger partial charge < -0.3 is 9.47 Å². The van der Waals surface area contributed by atoms with E-state index in [0.717, 1.165) is 0 Å². The lowest BCUT2D eigenvalue weighted by Gasteiger charge is -2.07. The van der Waals surface area contributed by atoms with E-state index in [2.05, 4.69) is 38.4 Å². The molecule has 16 heavy (non-hydrogen) atoms. The van der Waals surface area contributed by atoms with E-state index in [4.69, 9.17) is 9.47 Å². The Balaban J connectivity index is 3.69. The van der Waals surface area contributed by atoms with Crippen molar-refractivity contribution in [3.05, 3.63) is 24.3 Å². The molecular weight excluding hydrogens is 248 g/mol. The number of rotatable bonds is 7. The largest absolute Gasteiger partial charge is 0.459 e. The van der Waals surface area contributed by atoms with Crippen LogP contribution in [-0.4, -0.2) is 36.7 Å². The Bertz CT molecular complexity index is 269. The molecule has 0 N–H and O–H groups in total. The second kappa shape index (κ2) is 8.29. The van der Waals surface area contributed by atoms with Gasteiger partial charge in [-0.3, -0.25) is 0 Å². The van der Waals surface area contributed by atoms with Crippen molar-refractivity contribution in [2.24, 2.45) is 0 Å². The molecule has 0 bridgehead atoms. The van der Waals surface area contributed by atoms with Crippen molar-refractivity contribution in [1.82, 2.24) is 0 Å². The molecule has 0 aliphatic rings. The highest BCUT2D eigenvalue weighted by Crippen LogP contribution is 1.99. The lowest BCUT2D eigenvalue weighted by Crippen LogP contribution is -2.16. The molecule has 6 heteroatoms. The van der Waals surface area contributed by atoms with Gasteiger partial charge in [0.2, 0.25) is 0 Å². The molecular formula is C10H14O4S2. The molecule has 0 aliphatic heterocycles. The van der Waals surface area contributed by atoms with Gasteiger partial charge in [0, 0.05) is 22.7 Å². The molecule has 0 heterocycles. The van der Waals surface area contributed by atoms with Crippen LogP contribution in [0.2, 0.25) is 0 Å². The summed E-state index contributed by atoms with van der Waals surface area (Å²) in [6.45, 7) is 6.86. The highest BCUT2D eigenvalue weighted by Gasteiger charge is 2.08. The van der Waals surface area contributed by atoms with Crippen LogP contribution in [0, 0.1) is 0 Å². The average molecular weight is 262 g/mol. The smallest absolute Gasteiger partial charge is 0.334 e. The standard InChI is InChI=1S/C10H14O4S2/c1-7(5-15)9(11)13-3-4-14-10(12)8(2)6-16/h15-16H,1-6H2. The first kappa shape index (κ1) is 15.1. The minimum atomic E-state index is -0.543. The molecule has 0 rings (SSSR count). The molecule has 90 valence electrons. The molecule has 0 saturated heterocycles. The van der Waals surface area contributed by atoms with E-state index >= 15 is 0 Å². The molecule has 0 spiro atoms. The maximum atomic E-state index is 11.1. The van der Waals surface area contributed by atoms with E-state index in [9.17, 15) is 9.59 Å². The Labute approximate surface area is 106 Å². The molecule has 0 saturated carbocycles. The highest BCUT2D eigenvalue weighted by molar-refractivity contribution is 7.80. The summed E-state index contributed by atoms with van der Waals surface area (Å²) in [6, 6.07) is 0. The summed E-state index contributed by atoms with van der Waals surface area (Å²) >= 11 is 7.73. The fourth-order valence-electron chi connectivity index (χ4n) is 0.602. The Morgan fingerprint density at radius 3 is 1.44 bits per heavy atom. The summed E-state index contributed by atoms with van der Waals surface area (Å²) in [5.41, 5.74) is 0.517. The van der Waals surface area contributed by atoms with Gasteiger partial charge in [0.05, 0.1) is 0 Å². The van der Waals surface area contributed by atoms with E-state index in [0.29, 0.717) is 0 Å². The zero-order chi connectivity index (χ0) is 12.6. The highest BCUT2D eigenvalue weighted by atomic mass is 32.1. The van der Waals surface area contributed by atoms with Crippen LogP contribution in [0.15, 0.2) is 24.3 Å². The Morgan fingerprint density at radius 2 is 1.19 bits per heavy atom. The molecule has 4 nitrogen and oxygen atoms in total. The monoisotopic (exact) mass is 262 g/mol. The number of hydrogen-bond donors (Lipinski definition) is 2. The van der Waals surface area contributed by atoms with Gasteiger partial charge in [0.15, 0.2) is 0 Å². The minimum Gasteiger partial charge on any atom is -0.459 e. The van der Waals surface area contributed by atoms with Gasteiger partial charge in [-0.15, -0.1) is 0 Å². The van der Waals surface area contributed by atoms with E-state index in [1.54, 1.807) is 0 Å². The Morgan fingerprint density at radius 1 is 0.875 bits per heavy atom. The summed E-state index contributed by atoms with van der Waals surface area (Å²) in [5, 5.41) is 0. The molecule has 0 fully saturated rings. The van der Waals surface area contributed by atoms with Crippen molar-refractivity contribution in [2.45, 2.75) is 0 Å². The van der Waals surface area contributed by atoms with E-state index in [1.807, 2.05) is 0 Å². The number of thiol groups is 2. The first-order valence-electron chi connectivity index (χ1n) is 4.44. The molecule has 0 amide bonds. The van der Waals surface area contributed by atoms with Crippen LogP contribution in [0.5, 0.6) is 0 Å². The van der Waals surface area contributed by atoms with Crippen LogP contribution in [0.3, 0.4) is 0 Å². The van der Waals surface area contributed by atoms with Crippen LogP contribution in [-0.2, 0) is 19.1 Å². The SMILES string of the molecule is C=C(CS)C(=O)OCCOC(=O)C(=C)CS. The second-order valence-corrected chi connectivity index (χ2v) is 3.43. The number of carbonyl (C=O) groups is 2. The maximum absolute atomic E-state index is 11.1. The van der Waals surface area contributed by atoms with Crippen molar-refractivity contribution in [3.63, 3.8) is 0 Å². The summed E-state index contributed by atoms with van der Waals surface area (Å²) in [7, 11) is 0. The third-order valence-electron chi connectivity index (χ3n) is 1.51. The maximum Gasteiger partial charge on any atom is 0.334 e. The molecule has 0 unspecified atom stereocenters. The first-order valence-corrected chi connectivity index (χ1v) is 5.71. The predicted molar refractivity (Wildman–Crippen MR) is 67.9 cm³/mol. The summed E-state index contributed by atoms with van der Waals surface area (Å²) in [5.74, 6) is -0.623. The normalized spacial score (nSPS) is 9.38. The van der Waals surface area contributed by atoms with Crippen molar-refractivity contribution in [3.8, 4) is 0 Å². The summed E-state index contributed by atoms with van der Waals surface area (Å²) < 4.78 is 9.49. The van der Waals surface area contributed by atoms with Crippen molar-refractivity contribution in [2.75, 3.05) is 24.7 Å². The second-order valence-electron chi connectivity index (χ2n) is 2.80. The van der Waals surface area contributed by atoms with Gasteiger partial charge in [-0.2, -0.15) is 25.3 Å². The van der Waals surface area contributed by atoms with Crippen LogP contribution in [0.4, 0.5) is 0 Å².